The van der Waals surface area contributed by atoms with E-state index in [0.29, 0.717) is 11.0 Å². The Balaban J connectivity index is 1.21. The van der Waals surface area contributed by atoms with Crippen LogP contribution < -0.4 is 0 Å². The minimum Gasteiger partial charge on any atom is -0.454 e. The predicted octanol–water partition coefficient (Wildman–Crippen LogP) is 11.2. The Hall–Kier alpha value is -6.86. The Morgan fingerprint density at radius 1 is 0.367 bits per heavy atom. The number of rotatable bonds is 2. The Morgan fingerprint density at radius 3 is 1.27 bits per heavy atom. The van der Waals surface area contributed by atoms with Crippen molar-refractivity contribution in [1.82, 2.24) is 19.4 Å². The molecule has 0 N–H and O–H groups in total. The zero-order chi connectivity index (χ0) is 31.8. The first-order chi connectivity index (χ1) is 24.3. The lowest BCUT2D eigenvalue weighted by Crippen LogP contribution is -2.00. The number of hydrogen-bond acceptors (Lipinski definition) is 5. The van der Waals surface area contributed by atoms with E-state index in [1.807, 2.05) is 36.4 Å². The molecule has 0 aliphatic carbocycles. The van der Waals surface area contributed by atoms with Gasteiger partial charge in [-0.1, -0.05) is 84.9 Å². The fourth-order valence-electron chi connectivity index (χ4n) is 8.16. The second-order valence-electron chi connectivity index (χ2n) is 12.6. The Morgan fingerprint density at radius 2 is 0.776 bits per heavy atom. The number of benzene rings is 7. The molecule has 7 nitrogen and oxygen atoms in total. The van der Waals surface area contributed by atoms with Crippen molar-refractivity contribution >= 4 is 98.5 Å². The quantitative estimate of drug-likeness (QED) is 0.190. The van der Waals surface area contributed by atoms with Crippen molar-refractivity contribution < 1.29 is 13.5 Å². The summed E-state index contributed by atoms with van der Waals surface area (Å²) in [5.41, 5.74) is 10.4. The van der Waals surface area contributed by atoms with E-state index >= 15 is 0 Å². The molecule has 0 atom stereocenters. The largest absolute Gasteiger partial charge is 0.454 e. The third-order valence-electron chi connectivity index (χ3n) is 10.2. The second kappa shape index (κ2) is 8.93. The Kier molecular flexibility index (Phi) is 4.60. The SMILES string of the molecule is c1ccc2c(c1)oc1c2ccc2c3ccccc3n(-c3ccc(-n4c5ccccc5c5ccc6c7ccccc7oc6c54)c4nonc34)c21. The molecule has 0 fully saturated rings. The van der Waals surface area contributed by atoms with Gasteiger partial charge < -0.3 is 18.0 Å². The van der Waals surface area contributed by atoms with E-state index in [0.717, 1.165) is 98.9 Å². The van der Waals surface area contributed by atoms with Gasteiger partial charge >= 0.3 is 0 Å². The summed E-state index contributed by atoms with van der Waals surface area (Å²) in [6.45, 7) is 0. The Labute approximate surface area is 275 Å². The molecule has 12 aromatic rings. The van der Waals surface area contributed by atoms with E-state index in [-0.39, 0.29) is 0 Å². The predicted molar refractivity (Wildman–Crippen MR) is 195 cm³/mol. The molecule has 0 aliphatic heterocycles. The first kappa shape index (κ1) is 25.3. The zero-order valence-corrected chi connectivity index (χ0v) is 25.7. The minimum atomic E-state index is 0.649. The van der Waals surface area contributed by atoms with Crippen molar-refractivity contribution in [3.05, 3.63) is 133 Å². The van der Waals surface area contributed by atoms with Crippen molar-refractivity contribution in [3.63, 3.8) is 0 Å². The number of fused-ring (bicyclic) bond motifs is 15. The minimum absolute atomic E-state index is 0.649. The van der Waals surface area contributed by atoms with Crippen LogP contribution >= 0.6 is 0 Å². The van der Waals surface area contributed by atoms with E-state index in [1.165, 1.54) is 0 Å². The van der Waals surface area contributed by atoms with Gasteiger partial charge in [0.2, 0.25) is 0 Å². The van der Waals surface area contributed by atoms with Gasteiger partial charge in [-0.25, -0.2) is 4.63 Å². The summed E-state index contributed by atoms with van der Waals surface area (Å²) < 4.78 is 23.3. The lowest BCUT2D eigenvalue weighted by molar-refractivity contribution is 0.315. The fraction of sp³-hybridized carbons (Fsp3) is 0. The molecule has 0 saturated carbocycles. The summed E-state index contributed by atoms with van der Waals surface area (Å²) in [4.78, 5) is 0. The number of nitrogens with zero attached hydrogens (tertiary/aromatic N) is 4. The van der Waals surface area contributed by atoms with Crippen LogP contribution in [-0.4, -0.2) is 19.4 Å². The van der Waals surface area contributed by atoms with E-state index in [1.54, 1.807) is 0 Å². The highest BCUT2D eigenvalue weighted by molar-refractivity contribution is 6.23. The average molecular weight is 631 g/mol. The van der Waals surface area contributed by atoms with Crippen LogP contribution in [-0.2, 0) is 0 Å². The first-order valence-corrected chi connectivity index (χ1v) is 16.3. The van der Waals surface area contributed by atoms with Gasteiger partial charge in [0.05, 0.1) is 33.4 Å². The molecular formula is C42H22N4O3. The summed E-state index contributed by atoms with van der Waals surface area (Å²) >= 11 is 0. The van der Waals surface area contributed by atoms with Gasteiger partial charge in [0, 0.05) is 43.1 Å². The normalized spacial score (nSPS) is 12.5. The molecule has 0 aliphatic rings. The molecule has 7 heteroatoms. The molecule has 0 radical (unpaired) electrons. The maximum absolute atomic E-state index is 6.60. The monoisotopic (exact) mass is 630 g/mol. The van der Waals surface area contributed by atoms with E-state index < -0.39 is 0 Å². The van der Waals surface area contributed by atoms with Crippen LogP contribution in [0, 0.1) is 0 Å². The average Bonchev–Trinajstić information content (AvgIpc) is 3.97. The smallest absolute Gasteiger partial charge is 0.161 e. The van der Waals surface area contributed by atoms with Gasteiger partial charge in [0.25, 0.3) is 0 Å². The standard InChI is InChI=1S/C42H22N4O3/c1-5-13-31-23(9-1)27-17-19-29-25-11-3-7-15-35(25)47-41(29)39(27)45(31)33-21-22-34(38-37(33)43-49-44-38)46-32-14-6-2-10-24(32)28-18-20-30-26-12-4-8-16-36(26)48-42(30)40(28)46/h1-22H. The van der Waals surface area contributed by atoms with Gasteiger partial charge in [-0.05, 0) is 58.8 Å². The van der Waals surface area contributed by atoms with Crippen molar-refractivity contribution in [3.8, 4) is 11.4 Å². The first-order valence-electron chi connectivity index (χ1n) is 16.3. The molecule has 0 unspecified atom stereocenters. The summed E-state index contributed by atoms with van der Waals surface area (Å²) in [5.74, 6) is 0. The molecule has 0 amide bonds. The van der Waals surface area contributed by atoms with Gasteiger partial charge in [-0.2, -0.15) is 0 Å². The van der Waals surface area contributed by atoms with Crippen LogP contribution in [0.4, 0.5) is 0 Å². The molecule has 12 rings (SSSR count). The van der Waals surface area contributed by atoms with Gasteiger partial charge in [-0.3, -0.25) is 0 Å². The van der Waals surface area contributed by atoms with Crippen molar-refractivity contribution in [1.29, 1.82) is 0 Å². The zero-order valence-electron chi connectivity index (χ0n) is 25.7. The summed E-state index contributed by atoms with van der Waals surface area (Å²) in [5, 5.41) is 17.9. The molecule has 5 heterocycles. The van der Waals surface area contributed by atoms with Crippen LogP contribution in [0.1, 0.15) is 0 Å². The van der Waals surface area contributed by atoms with E-state index in [4.69, 9.17) is 13.5 Å². The van der Waals surface area contributed by atoms with Crippen molar-refractivity contribution in [2.24, 2.45) is 0 Å². The van der Waals surface area contributed by atoms with Crippen LogP contribution in [0.3, 0.4) is 0 Å². The van der Waals surface area contributed by atoms with Crippen LogP contribution in [0.2, 0.25) is 0 Å². The summed E-state index contributed by atoms with van der Waals surface area (Å²) in [6, 6.07) is 46.2. The van der Waals surface area contributed by atoms with Crippen LogP contribution in [0.25, 0.3) is 110 Å². The van der Waals surface area contributed by atoms with E-state index in [2.05, 4.69) is 117 Å². The van der Waals surface area contributed by atoms with Crippen LogP contribution in [0.5, 0.6) is 0 Å². The maximum Gasteiger partial charge on any atom is 0.161 e. The highest BCUT2D eigenvalue weighted by atomic mass is 16.6. The number of furan rings is 2. The fourth-order valence-corrected chi connectivity index (χ4v) is 8.16. The molecule has 228 valence electrons. The molecule has 0 saturated heterocycles. The van der Waals surface area contributed by atoms with Crippen LogP contribution in [0.15, 0.2) is 147 Å². The molecule has 0 bridgehead atoms. The van der Waals surface area contributed by atoms with Crippen molar-refractivity contribution in [2.75, 3.05) is 0 Å². The molecule has 7 aromatic carbocycles. The third kappa shape index (κ3) is 3.12. The second-order valence-corrected chi connectivity index (χ2v) is 12.6. The van der Waals surface area contributed by atoms with Gasteiger partial charge in [0.15, 0.2) is 22.2 Å². The molecular weight excluding hydrogens is 608 g/mol. The number of para-hydroxylation sites is 4. The lowest BCUT2D eigenvalue weighted by Gasteiger charge is -2.12. The number of aromatic nitrogens is 4. The van der Waals surface area contributed by atoms with Gasteiger partial charge in [-0.15, -0.1) is 0 Å². The molecule has 5 aromatic heterocycles. The Bertz CT molecular complexity index is 3130. The van der Waals surface area contributed by atoms with E-state index in [9.17, 15) is 0 Å². The highest BCUT2D eigenvalue weighted by Gasteiger charge is 2.25. The number of hydrogen-bond donors (Lipinski definition) is 0. The maximum atomic E-state index is 6.60. The molecule has 49 heavy (non-hydrogen) atoms. The summed E-state index contributed by atoms with van der Waals surface area (Å²) in [7, 11) is 0. The topological polar surface area (TPSA) is 75.1 Å². The molecule has 0 spiro atoms. The third-order valence-corrected chi connectivity index (χ3v) is 10.2. The van der Waals surface area contributed by atoms with Crippen molar-refractivity contribution in [2.45, 2.75) is 0 Å². The van der Waals surface area contributed by atoms with Gasteiger partial charge in [0.1, 0.15) is 11.2 Å². The summed E-state index contributed by atoms with van der Waals surface area (Å²) in [6.07, 6.45) is 0. The highest BCUT2D eigenvalue weighted by Crippen LogP contribution is 2.44. The lowest BCUT2D eigenvalue weighted by atomic mass is 10.1.